The van der Waals surface area contributed by atoms with Crippen molar-refractivity contribution in [2.45, 2.75) is 38.8 Å². The van der Waals surface area contributed by atoms with E-state index in [2.05, 4.69) is 0 Å². The topological polar surface area (TPSA) is 57.7 Å². The number of imide groups is 1. The standard InChI is InChI=1S/C21H20F2N2O3/c1-21(2,3)25(19(27)13-4-6-14(22)7-5-13)17-12-18(26)24(20(17)28)16-10-8-15(23)9-11-16/h4-11,17H,12H2,1-3H3. The highest BCUT2D eigenvalue weighted by Gasteiger charge is 2.47. The Bertz CT molecular complexity index is 918. The van der Waals surface area contributed by atoms with Gasteiger partial charge in [0.15, 0.2) is 0 Å². The normalized spacial score (nSPS) is 17.2. The van der Waals surface area contributed by atoms with Crippen LogP contribution < -0.4 is 4.90 Å². The zero-order valence-electron chi connectivity index (χ0n) is 15.8. The van der Waals surface area contributed by atoms with Crippen LogP contribution in [0.5, 0.6) is 0 Å². The fraction of sp³-hybridized carbons (Fsp3) is 0.286. The van der Waals surface area contributed by atoms with Crippen molar-refractivity contribution in [1.82, 2.24) is 4.90 Å². The van der Waals surface area contributed by atoms with E-state index in [1.165, 1.54) is 41.3 Å². The number of halogens is 2. The van der Waals surface area contributed by atoms with Crippen molar-refractivity contribution >= 4 is 23.4 Å². The average Bonchev–Trinajstić information content (AvgIpc) is 2.89. The van der Waals surface area contributed by atoms with Crippen LogP contribution in [0.25, 0.3) is 0 Å². The van der Waals surface area contributed by atoms with Gasteiger partial charge in [-0.15, -0.1) is 0 Å². The maximum absolute atomic E-state index is 13.2. The Labute approximate surface area is 161 Å². The number of anilines is 1. The maximum atomic E-state index is 13.2. The fourth-order valence-corrected chi connectivity index (χ4v) is 3.32. The van der Waals surface area contributed by atoms with Gasteiger partial charge in [-0.25, -0.2) is 13.7 Å². The summed E-state index contributed by atoms with van der Waals surface area (Å²) in [6.07, 6.45) is -0.180. The second-order valence-electron chi connectivity index (χ2n) is 7.62. The monoisotopic (exact) mass is 386 g/mol. The zero-order valence-corrected chi connectivity index (χ0v) is 15.8. The molecule has 1 aliphatic rings. The molecule has 3 rings (SSSR count). The summed E-state index contributed by atoms with van der Waals surface area (Å²) in [4.78, 5) is 41.0. The molecule has 1 unspecified atom stereocenters. The van der Waals surface area contributed by atoms with Crippen LogP contribution in [0.2, 0.25) is 0 Å². The summed E-state index contributed by atoms with van der Waals surface area (Å²) in [6, 6.07) is 9.03. The van der Waals surface area contributed by atoms with E-state index >= 15 is 0 Å². The van der Waals surface area contributed by atoms with Crippen LogP contribution in [-0.2, 0) is 9.59 Å². The summed E-state index contributed by atoms with van der Waals surface area (Å²) in [5.74, 6) is -2.46. The Hall–Kier alpha value is -3.09. The van der Waals surface area contributed by atoms with Crippen molar-refractivity contribution in [3.63, 3.8) is 0 Å². The molecule has 28 heavy (non-hydrogen) atoms. The molecule has 1 atom stereocenters. The third kappa shape index (κ3) is 3.65. The fourth-order valence-electron chi connectivity index (χ4n) is 3.32. The summed E-state index contributed by atoms with van der Waals surface area (Å²) in [6.45, 7) is 5.27. The van der Waals surface area contributed by atoms with Crippen molar-refractivity contribution in [2.24, 2.45) is 0 Å². The minimum atomic E-state index is -1.00. The molecule has 1 aliphatic heterocycles. The van der Waals surface area contributed by atoms with Crippen molar-refractivity contribution in [3.05, 3.63) is 65.7 Å². The third-order valence-electron chi connectivity index (χ3n) is 4.55. The molecular formula is C21H20F2N2O3. The van der Waals surface area contributed by atoms with Gasteiger partial charge in [-0.05, 0) is 69.3 Å². The zero-order chi connectivity index (χ0) is 20.6. The lowest BCUT2D eigenvalue weighted by Crippen LogP contribution is -2.54. The van der Waals surface area contributed by atoms with Gasteiger partial charge >= 0.3 is 0 Å². The number of rotatable bonds is 3. The lowest BCUT2D eigenvalue weighted by molar-refractivity contribution is -0.123. The van der Waals surface area contributed by atoms with Crippen LogP contribution in [0.4, 0.5) is 14.5 Å². The van der Waals surface area contributed by atoms with E-state index in [1.807, 2.05) is 0 Å². The van der Waals surface area contributed by atoms with Crippen LogP contribution in [0.3, 0.4) is 0 Å². The third-order valence-corrected chi connectivity index (χ3v) is 4.55. The molecule has 0 bridgehead atoms. The molecule has 0 saturated carbocycles. The number of hydrogen-bond acceptors (Lipinski definition) is 3. The SMILES string of the molecule is CC(C)(C)N(C(=O)c1ccc(F)cc1)C1CC(=O)N(c2ccc(F)cc2)C1=O. The summed E-state index contributed by atoms with van der Waals surface area (Å²) < 4.78 is 26.4. The molecule has 7 heteroatoms. The molecule has 0 spiro atoms. The van der Waals surface area contributed by atoms with E-state index < -0.39 is 40.9 Å². The number of amides is 3. The van der Waals surface area contributed by atoms with Gasteiger partial charge in [-0.2, -0.15) is 0 Å². The lowest BCUT2D eigenvalue weighted by atomic mass is 9.99. The Morgan fingerprint density at radius 1 is 0.964 bits per heavy atom. The predicted octanol–water partition coefficient (Wildman–Crippen LogP) is 3.54. The summed E-state index contributed by atoms with van der Waals surface area (Å²) in [7, 11) is 0. The molecule has 146 valence electrons. The summed E-state index contributed by atoms with van der Waals surface area (Å²) in [5, 5.41) is 0. The predicted molar refractivity (Wildman–Crippen MR) is 99.6 cm³/mol. The molecule has 2 aromatic rings. The lowest BCUT2D eigenvalue weighted by Gasteiger charge is -2.39. The number of hydrogen-bond donors (Lipinski definition) is 0. The number of carbonyl (C=O) groups excluding carboxylic acids is 3. The van der Waals surface area contributed by atoms with Crippen LogP contribution >= 0.6 is 0 Å². The maximum Gasteiger partial charge on any atom is 0.257 e. The highest BCUT2D eigenvalue weighted by molar-refractivity contribution is 6.23. The van der Waals surface area contributed by atoms with Gasteiger partial charge in [-0.3, -0.25) is 14.4 Å². The van der Waals surface area contributed by atoms with Crippen LogP contribution in [0.15, 0.2) is 48.5 Å². The van der Waals surface area contributed by atoms with Crippen molar-refractivity contribution in [1.29, 1.82) is 0 Å². The first-order valence-corrected chi connectivity index (χ1v) is 8.81. The van der Waals surface area contributed by atoms with E-state index in [4.69, 9.17) is 0 Å². The Kier molecular flexibility index (Phi) is 5.02. The molecule has 1 saturated heterocycles. The van der Waals surface area contributed by atoms with Gasteiger partial charge in [0.05, 0.1) is 12.1 Å². The highest BCUT2D eigenvalue weighted by atomic mass is 19.1. The van der Waals surface area contributed by atoms with E-state index in [-0.39, 0.29) is 17.7 Å². The Morgan fingerprint density at radius 3 is 1.96 bits per heavy atom. The molecule has 1 fully saturated rings. The molecule has 0 aliphatic carbocycles. The second kappa shape index (κ2) is 7.14. The van der Waals surface area contributed by atoms with Crippen LogP contribution in [-0.4, -0.2) is 34.2 Å². The quantitative estimate of drug-likeness (QED) is 0.759. The molecule has 0 aromatic heterocycles. The molecule has 5 nitrogen and oxygen atoms in total. The number of carbonyl (C=O) groups is 3. The van der Waals surface area contributed by atoms with Crippen molar-refractivity contribution < 1.29 is 23.2 Å². The minimum absolute atomic E-state index is 0.180. The Balaban J connectivity index is 1.96. The van der Waals surface area contributed by atoms with Crippen molar-refractivity contribution in [2.75, 3.05) is 4.90 Å². The minimum Gasteiger partial charge on any atom is -0.321 e. The molecule has 0 radical (unpaired) electrons. The molecule has 1 heterocycles. The first-order valence-electron chi connectivity index (χ1n) is 8.81. The van der Waals surface area contributed by atoms with E-state index in [0.29, 0.717) is 0 Å². The van der Waals surface area contributed by atoms with Gasteiger partial charge < -0.3 is 4.90 Å². The number of nitrogens with zero attached hydrogens (tertiary/aromatic N) is 2. The van der Waals surface area contributed by atoms with Gasteiger partial charge in [-0.1, -0.05) is 0 Å². The highest BCUT2D eigenvalue weighted by Crippen LogP contribution is 2.31. The van der Waals surface area contributed by atoms with Crippen LogP contribution in [0.1, 0.15) is 37.6 Å². The smallest absolute Gasteiger partial charge is 0.257 e. The Morgan fingerprint density at radius 2 is 1.46 bits per heavy atom. The molecule has 2 aromatic carbocycles. The number of benzene rings is 2. The second-order valence-corrected chi connectivity index (χ2v) is 7.62. The molecular weight excluding hydrogens is 366 g/mol. The first kappa shape index (κ1) is 19.7. The van der Waals surface area contributed by atoms with E-state index in [0.717, 1.165) is 17.0 Å². The van der Waals surface area contributed by atoms with Gasteiger partial charge in [0, 0.05) is 11.1 Å². The van der Waals surface area contributed by atoms with Gasteiger partial charge in [0.1, 0.15) is 17.7 Å². The van der Waals surface area contributed by atoms with Gasteiger partial charge in [0.25, 0.3) is 11.8 Å². The van der Waals surface area contributed by atoms with E-state index in [9.17, 15) is 23.2 Å². The first-order chi connectivity index (χ1) is 13.1. The van der Waals surface area contributed by atoms with Gasteiger partial charge in [0.2, 0.25) is 5.91 Å². The molecule has 3 amide bonds. The van der Waals surface area contributed by atoms with E-state index in [1.54, 1.807) is 20.8 Å². The summed E-state index contributed by atoms with van der Waals surface area (Å²) in [5.41, 5.74) is -0.302. The molecule has 0 N–H and O–H groups in total. The largest absolute Gasteiger partial charge is 0.321 e. The summed E-state index contributed by atoms with van der Waals surface area (Å²) >= 11 is 0. The van der Waals surface area contributed by atoms with Crippen LogP contribution in [0, 0.1) is 11.6 Å². The van der Waals surface area contributed by atoms with Crippen molar-refractivity contribution in [3.8, 4) is 0 Å². The average molecular weight is 386 g/mol.